The molecule has 0 saturated heterocycles. The van der Waals surface area contributed by atoms with Crippen molar-refractivity contribution in [3.8, 4) is 12.3 Å². The molecule has 96 valence electrons. The molecule has 0 radical (unpaired) electrons. The number of aryl methyl sites for hydroxylation is 1. The minimum Gasteiger partial charge on any atom is -0.271 e. The summed E-state index contributed by atoms with van der Waals surface area (Å²) >= 11 is 0. The molecule has 0 fully saturated rings. The topological polar surface area (TPSA) is 38.0 Å². The van der Waals surface area contributed by atoms with Crippen molar-refractivity contribution >= 4 is 0 Å². The van der Waals surface area contributed by atoms with Crippen LogP contribution in [0.5, 0.6) is 0 Å². The van der Waals surface area contributed by atoms with Crippen LogP contribution in [0.15, 0.2) is 24.3 Å². The van der Waals surface area contributed by atoms with Crippen molar-refractivity contribution in [1.82, 2.24) is 5.43 Å². The zero-order valence-electron chi connectivity index (χ0n) is 10.9. The lowest BCUT2D eigenvalue weighted by atomic mass is 9.77. The molecule has 2 atom stereocenters. The number of hydrogen-bond acceptors (Lipinski definition) is 2. The molecular formula is C16H22N2. The van der Waals surface area contributed by atoms with E-state index in [-0.39, 0.29) is 0 Å². The summed E-state index contributed by atoms with van der Waals surface area (Å²) in [6.45, 7) is 0. The van der Waals surface area contributed by atoms with E-state index in [1.807, 2.05) is 0 Å². The van der Waals surface area contributed by atoms with Crippen molar-refractivity contribution in [1.29, 1.82) is 0 Å². The molecule has 0 aromatic heterocycles. The lowest BCUT2D eigenvalue weighted by Crippen LogP contribution is -2.40. The fourth-order valence-electron chi connectivity index (χ4n) is 3.03. The Morgan fingerprint density at radius 1 is 1.44 bits per heavy atom. The van der Waals surface area contributed by atoms with E-state index in [1.165, 1.54) is 30.4 Å². The highest BCUT2D eigenvalue weighted by molar-refractivity contribution is 5.33. The highest BCUT2D eigenvalue weighted by atomic mass is 15.2. The van der Waals surface area contributed by atoms with E-state index >= 15 is 0 Å². The van der Waals surface area contributed by atoms with Gasteiger partial charge in [0.1, 0.15) is 0 Å². The Morgan fingerprint density at radius 3 is 3.06 bits per heavy atom. The molecule has 18 heavy (non-hydrogen) atoms. The number of unbranched alkanes of at least 4 members (excludes halogenated alkanes) is 1. The van der Waals surface area contributed by atoms with Gasteiger partial charge in [0.05, 0.1) is 0 Å². The lowest BCUT2D eigenvalue weighted by molar-refractivity contribution is 0.372. The van der Waals surface area contributed by atoms with Gasteiger partial charge < -0.3 is 0 Å². The summed E-state index contributed by atoms with van der Waals surface area (Å²) in [7, 11) is 0. The van der Waals surface area contributed by atoms with E-state index in [0.29, 0.717) is 12.0 Å². The van der Waals surface area contributed by atoms with Crippen LogP contribution in [0, 0.1) is 12.3 Å². The number of terminal acetylenes is 1. The van der Waals surface area contributed by atoms with Gasteiger partial charge >= 0.3 is 0 Å². The normalized spacial score (nSPS) is 19.9. The van der Waals surface area contributed by atoms with Gasteiger partial charge in [-0.25, -0.2) is 0 Å². The number of rotatable bonds is 5. The first-order chi connectivity index (χ1) is 8.86. The quantitative estimate of drug-likeness (QED) is 0.360. The van der Waals surface area contributed by atoms with Crippen LogP contribution in [0.2, 0.25) is 0 Å². The number of nitrogens with two attached hydrogens (primary N) is 1. The van der Waals surface area contributed by atoms with Gasteiger partial charge in [-0.1, -0.05) is 24.3 Å². The molecule has 1 aromatic rings. The van der Waals surface area contributed by atoms with E-state index in [9.17, 15) is 0 Å². The molecule has 3 N–H and O–H groups in total. The maximum Gasteiger partial charge on any atom is 0.0279 e. The Balaban J connectivity index is 2.10. The number of nitrogens with one attached hydrogen (secondary N) is 1. The average molecular weight is 242 g/mol. The van der Waals surface area contributed by atoms with E-state index in [1.54, 1.807) is 0 Å². The first kappa shape index (κ1) is 13.1. The third-order valence-electron chi connectivity index (χ3n) is 3.95. The van der Waals surface area contributed by atoms with Crippen LogP contribution in [0.3, 0.4) is 0 Å². The molecule has 0 saturated carbocycles. The maximum absolute atomic E-state index is 5.74. The van der Waals surface area contributed by atoms with Gasteiger partial charge in [0.25, 0.3) is 0 Å². The molecule has 0 spiro atoms. The zero-order chi connectivity index (χ0) is 12.8. The van der Waals surface area contributed by atoms with Crippen LogP contribution in [-0.4, -0.2) is 6.04 Å². The second-order valence-electron chi connectivity index (χ2n) is 5.07. The van der Waals surface area contributed by atoms with Gasteiger partial charge in [0.15, 0.2) is 0 Å². The van der Waals surface area contributed by atoms with Crippen molar-refractivity contribution in [3.63, 3.8) is 0 Å². The van der Waals surface area contributed by atoms with Crippen LogP contribution >= 0.6 is 0 Å². The van der Waals surface area contributed by atoms with Crippen molar-refractivity contribution < 1.29 is 0 Å². The third kappa shape index (κ3) is 2.93. The smallest absolute Gasteiger partial charge is 0.0279 e. The van der Waals surface area contributed by atoms with Crippen molar-refractivity contribution in [3.05, 3.63) is 35.4 Å². The fraction of sp³-hybridized carbons (Fsp3) is 0.500. The Kier molecular flexibility index (Phi) is 4.81. The van der Waals surface area contributed by atoms with Crippen molar-refractivity contribution in [2.75, 3.05) is 0 Å². The fourth-order valence-corrected chi connectivity index (χ4v) is 3.03. The Hall–Kier alpha value is -1.30. The Bertz CT molecular complexity index is 419. The predicted molar refractivity (Wildman–Crippen MR) is 75.9 cm³/mol. The van der Waals surface area contributed by atoms with Crippen LogP contribution in [0.1, 0.15) is 49.1 Å². The lowest BCUT2D eigenvalue weighted by Gasteiger charge is -2.32. The standard InChI is InChI=1S/C16H22N2/c1-2-3-4-12-16(18-17)15-11-7-9-13-8-5-6-10-14(13)15/h1,5-6,8,10,15-16,18H,3-4,7,9,11-12,17H2. The minimum atomic E-state index is 0.347. The molecule has 1 aliphatic rings. The van der Waals surface area contributed by atoms with Crippen LogP contribution < -0.4 is 11.3 Å². The van der Waals surface area contributed by atoms with E-state index < -0.39 is 0 Å². The highest BCUT2D eigenvalue weighted by Gasteiger charge is 2.26. The number of hydrazine groups is 1. The molecule has 0 bridgehead atoms. The molecule has 2 rings (SSSR count). The summed E-state index contributed by atoms with van der Waals surface area (Å²) in [6.07, 6.45) is 11.9. The molecule has 2 nitrogen and oxygen atoms in total. The zero-order valence-corrected chi connectivity index (χ0v) is 10.9. The average Bonchev–Trinajstić information content (AvgIpc) is 2.43. The molecule has 1 aromatic carbocycles. The van der Waals surface area contributed by atoms with E-state index in [4.69, 9.17) is 12.3 Å². The summed E-state index contributed by atoms with van der Waals surface area (Å²) in [6, 6.07) is 9.11. The van der Waals surface area contributed by atoms with Gasteiger partial charge in [-0.05, 0) is 43.2 Å². The molecule has 0 amide bonds. The summed E-state index contributed by atoms with van der Waals surface area (Å²) in [4.78, 5) is 0. The van der Waals surface area contributed by atoms with Gasteiger partial charge in [0, 0.05) is 18.4 Å². The van der Waals surface area contributed by atoms with Crippen LogP contribution in [0.4, 0.5) is 0 Å². The monoisotopic (exact) mass is 242 g/mol. The Labute approximate surface area is 110 Å². The number of benzene rings is 1. The minimum absolute atomic E-state index is 0.347. The Morgan fingerprint density at radius 2 is 2.28 bits per heavy atom. The van der Waals surface area contributed by atoms with E-state index in [0.717, 1.165) is 19.3 Å². The van der Waals surface area contributed by atoms with Crippen molar-refractivity contribution in [2.45, 2.75) is 50.5 Å². The van der Waals surface area contributed by atoms with Crippen LogP contribution in [0.25, 0.3) is 0 Å². The van der Waals surface area contributed by atoms with E-state index in [2.05, 4.69) is 35.6 Å². The molecular weight excluding hydrogens is 220 g/mol. The molecule has 1 aliphatic carbocycles. The SMILES string of the molecule is C#CCCCC(NN)C1CCCc2ccccc21. The second-order valence-corrected chi connectivity index (χ2v) is 5.07. The van der Waals surface area contributed by atoms with Gasteiger partial charge in [0.2, 0.25) is 0 Å². The third-order valence-corrected chi connectivity index (χ3v) is 3.95. The summed E-state index contributed by atoms with van der Waals surface area (Å²) < 4.78 is 0. The summed E-state index contributed by atoms with van der Waals surface area (Å²) in [5, 5.41) is 0. The first-order valence-corrected chi connectivity index (χ1v) is 6.84. The molecule has 0 heterocycles. The molecule has 2 unspecified atom stereocenters. The van der Waals surface area contributed by atoms with Gasteiger partial charge in [-0.3, -0.25) is 11.3 Å². The number of hydrogen-bond donors (Lipinski definition) is 2. The maximum atomic E-state index is 5.74. The summed E-state index contributed by atoms with van der Waals surface area (Å²) in [5.41, 5.74) is 5.97. The van der Waals surface area contributed by atoms with Crippen LogP contribution in [-0.2, 0) is 6.42 Å². The molecule has 0 aliphatic heterocycles. The largest absolute Gasteiger partial charge is 0.271 e. The van der Waals surface area contributed by atoms with Crippen molar-refractivity contribution in [2.24, 2.45) is 5.84 Å². The first-order valence-electron chi connectivity index (χ1n) is 6.84. The highest BCUT2D eigenvalue weighted by Crippen LogP contribution is 2.35. The predicted octanol–water partition coefficient (Wildman–Crippen LogP) is 2.74. The van der Waals surface area contributed by atoms with Gasteiger partial charge in [-0.15, -0.1) is 12.3 Å². The second kappa shape index (κ2) is 6.58. The number of fused-ring (bicyclic) bond motifs is 1. The summed E-state index contributed by atoms with van der Waals surface area (Å²) in [5.74, 6) is 8.98. The molecule has 2 heteroatoms. The van der Waals surface area contributed by atoms with Gasteiger partial charge in [-0.2, -0.15) is 0 Å².